The minimum Gasteiger partial charge on any atom is -0.494 e. The van der Waals surface area contributed by atoms with Crippen LogP contribution in [0.4, 0.5) is 5.69 Å². The fraction of sp³-hybridized carbons (Fsp3) is 0.190. The Morgan fingerprint density at radius 2 is 1.94 bits per heavy atom. The smallest absolute Gasteiger partial charge is 0.288 e. The third-order valence-electron chi connectivity index (χ3n) is 4.34. The second-order valence-electron chi connectivity index (χ2n) is 6.42. The molecule has 0 fully saturated rings. The van der Waals surface area contributed by atoms with Gasteiger partial charge in [0.1, 0.15) is 10.8 Å². The van der Waals surface area contributed by atoms with Crippen LogP contribution in [0.2, 0.25) is 5.02 Å². The largest absolute Gasteiger partial charge is 0.494 e. The van der Waals surface area contributed by atoms with Gasteiger partial charge in [-0.05, 0) is 49.4 Å². The average Bonchev–Trinajstić information content (AvgIpc) is 2.76. The lowest BCUT2D eigenvalue weighted by Gasteiger charge is -2.09. The van der Waals surface area contributed by atoms with Crippen LogP contribution < -0.4 is 15.6 Å². The Balaban J connectivity index is 1.67. The molecule has 9 nitrogen and oxygen atoms in total. The van der Waals surface area contributed by atoms with Gasteiger partial charge in [0.15, 0.2) is 0 Å². The van der Waals surface area contributed by atoms with Gasteiger partial charge < -0.3 is 10.1 Å². The van der Waals surface area contributed by atoms with Crippen molar-refractivity contribution in [3.8, 4) is 17.0 Å². The van der Waals surface area contributed by atoms with E-state index in [9.17, 15) is 19.7 Å². The number of amides is 1. The molecule has 0 aliphatic carbocycles. The molecule has 10 heteroatoms. The molecule has 2 aromatic carbocycles. The summed E-state index contributed by atoms with van der Waals surface area (Å²) in [6.07, 6.45) is 0. The first-order chi connectivity index (χ1) is 14.9. The number of carbonyl (C=O) groups is 1. The lowest BCUT2D eigenvalue weighted by atomic mass is 10.1. The zero-order valence-electron chi connectivity index (χ0n) is 16.6. The summed E-state index contributed by atoms with van der Waals surface area (Å²) in [6, 6.07) is 14.2. The summed E-state index contributed by atoms with van der Waals surface area (Å²) in [5.74, 6) is 0.222. The maximum Gasteiger partial charge on any atom is 0.288 e. The van der Waals surface area contributed by atoms with E-state index in [1.54, 1.807) is 6.07 Å². The van der Waals surface area contributed by atoms with Crippen LogP contribution in [0, 0.1) is 10.1 Å². The fourth-order valence-electron chi connectivity index (χ4n) is 2.82. The van der Waals surface area contributed by atoms with Crippen LogP contribution in [-0.4, -0.2) is 33.8 Å². The lowest BCUT2D eigenvalue weighted by Crippen LogP contribution is -2.32. The maximum atomic E-state index is 12.3. The minimum atomic E-state index is -0.658. The first-order valence-corrected chi connectivity index (χ1v) is 9.80. The monoisotopic (exact) mass is 442 g/mol. The quantitative estimate of drug-likeness (QED) is 0.422. The standard InChI is InChI=1S/C21H19ClN4O5/c1-2-31-16-6-3-14(4-7-16)18-9-10-20(27)25(24-18)12-11-23-21(28)15-5-8-17(22)19(13-15)26(29)30/h3-10,13H,2,11-12H2,1H3,(H,23,28). The van der Waals surface area contributed by atoms with E-state index in [1.165, 1.54) is 22.9 Å². The van der Waals surface area contributed by atoms with E-state index in [1.807, 2.05) is 31.2 Å². The van der Waals surface area contributed by atoms with Crippen molar-refractivity contribution in [1.29, 1.82) is 0 Å². The molecule has 0 aliphatic rings. The van der Waals surface area contributed by atoms with Crippen LogP contribution in [0.1, 0.15) is 17.3 Å². The van der Waals surface area contributed by atoms with E-state index in [4.69, 9.17) is 16.3 Å². The van der Waals surface area contributed by atoms with Gasteiger partial charge in [0.05, 0.1) is 23.8 Å². The summed E-state index contributed by atoms with van der Waals surface area (Å²) in [5, 5.41) is 17.9. The molecule has 0 unspecified atom stereocenters. The fourth-order valence-corrected chi connectivity index (χ4v) is 3.01. The van der Waals surface area contributed by atoms with Crippen molar-refractivity contribution >= 4 is 23.2 Å². The Kier molecular flexibility index (Phi) is 6.99. The molecule has 1 aromatic heterocycles. The zero-order chi connectivity index (χ0) is 22.4. The number of hydrogen-bond acceptors (Lipinski definition) is 6. The number of halogens is 1. The molecule has 31 heavy (non-hydrogen) atoms. The number of benzene rings is 2. The van der Waals surface area contributed by atoms with Crippen molar-refractivity contribution < 1.29 is 14.5 Å². The summed E-state index contributed by atoms with van der Waals surface area (Å²) >= 11 is 5.76. The highest BCUT2D eigenvalue weighted by Crippen LogP contribution is 2.25. The van der Waals surface area contributed by atoms with Gasteiger partial charge in [-0.25, -0.2) is 4.68 Å². The molecule has 1 heterocycles. The molecular formula is C21H19ClN4O5. The molecule has 1 amide bonds. The van der Waals surface area contributed by atoms with Gasteiger partial charge in [0, 0.05) is 29.8 Å². The van der Waals surface area contributed by atoms with Gasteiger partial charge in [-0.1, -0.05) is 11.6 Å². The molecule has 3 rings (SSSR count). The highest BCUT2D eigenvalue weighted by Gasteiger charge is 2.16. The highest BCUT2D eigenvalue weighted by atomic mass is 35.5. The topological polar surface area (TPSA) is 116 Å². The molecule has 0 atom stereocenters. The second-order valence-corrected chi connectivity index (χ2v) is 6.82. The van der Waals surface area contributed by atoms with Crippen molar-refractivity contribution in [2.45, 2.75) is 13.5 Å². The maximum absolute atomic E-state index is 12.3. The molecular weight excluding hydrogens is 424 g/mol. The van der Waals surface area contributed by atoms with Crippen LogP contribution in [0.5, 0.6) is 5.75 Å². The summed E-state index contributed by atoms with van der Waals surface area (Å²) in [7, 11) is 0. The Bertz CT molecular complexity index is 1160. The second kappa shape index (κ2) is 9.86. The molecule has 0 radical (unpaired) electrons. The third kappa shape index (κ3) is 5.46. The highest BCUT2D eigenvalue weighted by molar-refractivity contribution is 6.32. The molecule has 3 aromatic rings. The van der Waals surface area contributed by atoms with Crippen LogP contribution in [-0.2, 0) is 6.54 Å². The number of hydrogen-bond donors (Lipinski definition) is 1. The molecule has 0 bridgehead atoms. The minimum absolute atomic E-state index is 0.0524. The van der Waals surface area contributed by atoms with Crippen molar-refractivity contribution in [2.24, 2.45) is 0 Å². The molecule has 160 valence electrons. The number of nitro groups is 1. The van der Waals surface area contributed by atoms with Gasteiger partial charge in [-0.15, -0.1) is 0 Å². The van der Waals surface area contributed by atoms with Crippen LogP contribution in [0.25, 0.3) is 11.3 Å². The van der Waals surface area contributed by atoms with Gasteiger partial charge in [0.25, 0.3) is 17.2 Å². The van der Waals surface area contributed by atoms with Gasteiger partial charge in [0.2, 0.25) is 0 Å². The number of ether oxygens (including phenoxy) is 1. The first-order valence-electron chi connectivity index (χ1n) is 9.42. The Morgan fingerprint density at radius 3 is 2.61 bits per heavy atom. The van der Waals surface area contributed by atoms with Crippen LogP contribution in [0.3, 0.4) is 0 Å². The van der Waals surface area contributed by atoms with E-state index in [2.05, 4.69) is 10.4 Å². The van der Waals surface area contributed by atoms with Crippen molar-refractivity contribution in [3.63, 3.8) is 0 Å². The predicted molar refractivity (Wildman–Crippen MR) is 116 cm³/mol. The van der Waals surface area contributed by atoms with Crippen molar-refractivity contribution in [3.05, 3.63) is 85.7 Å². The Morgan fingerprint density at radius 1 is 1.19 bits per heavy atom. The third-order valence-corrected chi connectivity index (χ3v) is 4.66. The first kappa shape index (κ1) is 22.0. The van der Waals surface area contributed by atoms with Gasteiger partial charge >= 0.3 is 0 Å². The van der Waals surface area contributed by atoms with Crippen molar-refractivity contribution in [2.75, 3.05) is 13.2 Å². The molecule has 1 N–H and O–H groups in total. The molecule has 0 aliphatic heterocycles. The van der Waals surface area contributed by atoms with E-state index in [0.717, 1.165) is 17.4 Å². The van der Waals surface area contributed by atoms with Crippen molar-refractivity contribution in [1.82, 2.24) is 15.1 Å². The van der Waals surface area contributed by atoms with E-state index >= 15 is 0 Å². The zero-order valence-corrected chi connectivity index (χ0v) is 17.3. The van der Waals surface area contributed by atoms with E-state index < -0.39 is 10.8 Å². The van der Waals surface area contributed by atoms with Crippen LogP contribution in [0.15, 0.2) is 59.4 Å². The Hall–Kier alpha value is -3.72. The lowest BCUT2D eigenvalue weighted by molar-refractivity contribution is -0.384. The molecule has 0 saturated carbocycles. The SMILES string of the molecule is CCOc1ccc(-c2ccc(=O)n(CCNC(=O)c3ccc(Cl)c([N+](=O)[O-])c3)n2)cc1. The number of rotatable bonds is 8. The van der Waals surface area contributed by atoms with Gasteiger partial charge in [-0.3, -0.25) is 19.7 Å². The predicted octanol–water partition coefficient (Wildman–Crippen LogP) is 3.30. The normalized spacial score (nSPS) is 10.5. The van der Waals surface area contributed by atoms with Crippen LogP contribution >= 0.6 is 11.6 Å². The van der Waals surface area contributed by atoms with E-state index in [-0.39, 0.29) is 34.9 Å². The number of aromatic nitrogens is 2. The average molecular weight is 443 g/mol. The Labute approximate surface area is 182 Å². The summed E-state index contributed by atoms with van der Waals surface area (Å²) in [5.41, 5.74) is 0.845. The molecule has 0 spiro atoms. The number of nitro benzene ring substituents is 1. The number of nitrogens with one attached hydrogen (secondary N) is 1. The summed E-state index contributed by atoms with van der Waals surface area (Å²) in [4.78, 5) is 34.7. The van der Waals surface area contributed by atoms with Gasteiger partial charge in [-0.2, -0.15) is 5.10 Å². The number of carbonyl (C=O) groups excluding carboxylic acids is 1. The van der Waals surface area contributed by atoms with E-state index in [0.29, 0.717) is 12.3 Å². The number of nitrogens with zero attached hydrogens (tertiary/aromatic N) is 3. The summed E-state index contributed by atoms with van der Waals surface area (Å²) in [6.45, 7) is 2.70. The summed E-state index contributed by atoms with van der Waals surface area (Å²) < 4.78 is 6.66. The molecule has 0 saturated heterocycles.